The maximum atomic E-state index is 11.7. The van der Waals surface area contributed by atoms with Gasteiger partial charge in [-0.3, -0.25) is 9.59 Å². The van der Waals surface area contributed by atoms with Crippen molar-refractivity contribution >= 4 is 11.9 Å². The zero-order chi connectivity index (χ0) is 12.7. The average Bonchev–Trinajstić information content (AvgIpc) is 3.10. The highest BCUT2D eigenvalue weighted by Crippen LogP contribution is 2.48. The fourth-order valence-electron chi connectivity index (χ4n) is 1.36. The normalized spacial score (nSPS) is 15.8. The zero-order valence-electron chi connectivity index (χ0n) is 9.94. The lowest BCUT2D eigenvalue weighted by molar-refractivity contribution is -0.164. The molecule has 1 aliphatic rings. The molecule has 0 radical (unpaired) electrons. The van der Waals surface area contributed by atoms with E-state index in [9.17, 15) is 9.59 Å². The molecule has 1 fully saturated rings. The number of carbonyl (C=O) groups excluding carboxylic acids is 2. The Labute approximate surface area is 101 Å². The van der Waals surface area contributed by atoms with Crippen molar-refractivity contribution in [3.8, 4) is 0 Å². The molecular weight excluding hydrogens is 220 g/mol. The van der Waals surface area contributed by atoms with Crippen molar-refractivity contribution in [2.75, 3.05) is 13.2 Å². The SMILES string of the molecule is C=CCCOC(=O)C1(C(=O)OCCC=C)CC1. The Morgan fingerprint density at radius 2 is 1.41 bits per heavy atom. The van der Waals surface area contributed by atoms with E-state index in [1.54, 1.807) is 12.2 Å². The highest BCUT2D eigenvalue weighted by atomic mass is 16.6. The van der Waals surface area contributed by atoms with Crippen LogP contribution in [0.1, 0.15) is 25.7 Å². The van der Waals surface area contributed by atoms with E-state index < -0.39 is 17.4 Å². The molecule has 0 spiro atoms. The molecule has 1 aliphatic carbocycles. The van der Waals surface area contributed by atoms with Gasteiger partial charge in [0, 0.05) is 0 Å². The highest BCUT2D eigenvalue weighted by molar-refractivity contribution is 6.03. The summed E-state index contributed by atoms with van der Waals surface area (Å²) in [6, 6.07) is 0. The lowest BCUT2D eigenvalue weighted by Crippen LogP contribution is -2.30. The summed E-state index contributed by atoms with van der Waals surface area (Å²) >= 11 is 0. The topological polar surface area (TPSA) is 52.6 Å². The minimum absolute atomic E-state index is 0.268. The van der Waals surface area contributed by atoms with Gasteiger partial charge in [0.2, 0.25) is 0 Å². The predicted molar refractivity (Wildman–Crippen MR) is 63.2 cm³/mol. The molecule has 1 saturated carbocycles. The third-order valence-corrected chi connectivity index (χ3v) is 2.64. The smallest absolute Gasteiger partial charge is 0.323 e. The molecule has 0 aliphatic heterocycles. The number of rotatable bonds is 8. The summed E-state index contributed by atoms with van der Waals surface area (Å²) in [5.74, 6) is -0.939. The fourth-order valence-corrected chi connectivity index (χ4v) is 1.36. The molecule has 4 heteroatoms. The fraction of sp³-hybridized carbons (Fsp3) is 0.538. The van der Waals surface area contributed by atoms with Gasteiger partial charge in [0.25, 0.3) is 0 Å². The molecule has 0 aromatic heterocycles. The number of esters is 2. The Morgan fingerprint density at radius 3 is 1.71 bits per heavy atom. The van der Waals surface area contributed by atoms with Crippen LogP contribution < -0.4 is 0 Å². The summed E-state index contributed by atoms with van der Waals surface area (Å²) in [6.45, 7) is 7.59. The van der Waals surface area contributed by atoms with Gasteiger partial charge < -0.3 is 9.47 Å². The molecule has 1 rings (SSSR count). The second-order valence-electron chi connectivity index (χ2n) is 4.01. The van der Waals surface area contributed by atoms with E-state index in [-0.39, 0.29) is 13.2 Å². The third kappa shape index (κ3) is 3.44. The van der Waals surface area contributed by atoms with Crippen LogP contribution in [-0.2, 0) is 19.1 Å². The minimum atomic E-state index is -1.03. The predicted octanol–water partition coefficient (Wildman–Crippen LogP) is 2.01. The lowest BCUT2D eigenvalue weighted by Gasteiger charge is -2.13. The molecule has 0 amide bonds. The van der Waals surface area contributed by atoms with Crippen molar-refractivity contribution in [1.82, 2.24) is 0 Å². The summed E-state index contributed by atoms with van der Waals surface area (Å²) < 4.78 is 10.0. The second kappa shape index (κ2) is 6.23. The zero-order valence-corrected chi connectivity index (χ0v) is 9.94. The first kappa shape index (κ1) is 13.5. The number of hydrogen-bond acceptors (Lipinski definition) is 4. The van der Waals surface area contributed by atoms with Gasteiger partial charge in [-0.05, 0) is 25.7 Å². The lowest BCUT2D eigenvalue weighted by atomic mass is 10.1. The van der Waals surface area contributed by atoms with Crippen molar-refractivity contribution < 1.29 is 19.1 Å². The summed E-state index contributed by atoms with van der Waals surface area (Å²) in [7, 11) is 0. The van der Waals surface area contributed by atoms with Gasteiger partial charge in [0.15, 0.2) is 5.41 Å². The molecule has 0 aromatic carbocycles. The quantitative estimate of drug-likeness (QED) is 0.281. The van der Waals surface area contributed by atoms with Crippen LogP contribution in [0.25, 0.3) is 0 Å². The number of carbonyl (C=O) groups is 2. The Balaban J connectivity index is 2.38. The Bertz CT molecular complexity index is 287. The van der Waals surface area contributed by atoms with Crippen LogP contribution in [0.3, 0.4) is 0 Å². The molecule has 0 aromatic rings. The molecule has 94 valence electrons. The first-order chi connectivity index (χ1) is 8.17. The van der Waals surface area contributed by atoms with Crippen LogP contribution in [0.2, 0.25) is 0 Å². The van der Waals surface area contributed by atoms with Crippen LogP contribution in [0.15, 0.2) is 25.3 Å². The Morgan fingerprint density at radius 1 is 1.00 bits per heavy atom. The third-order valence-electron chi connectivity index (χ3n) is 2.64. The monoisotopic (exact) mass is 238 g/mol. The van der Waals surface area contributed by atoms with Crippen LogP contribution in [-0.4, -0.2) is 25.2 Å². The molecule has 0 N–H and O–H groups in total. The van der Waals surface area contributed by atoms with E-state index in [1.165, 1.54) is 0 Å². The molecule has 17 heavy (non-hydrogen) atoms. The van der Waals surface area contributed by atoms with Gasteiger partial charge >= 0.3 is 11.9 Å². The second-order valence-corrected chi connectivity index (χ2v) is 4.01. The number of ether oxygens (including phenoxy) is 2. The summed E-state index contributed by atoms with van der Waals surface area (Å²) in [4.78, 5) is 23.4. The van der Waals surface area contributed by atoms with Gasteiger partial charge in [0.1, 0.15) is 0 Å². The Kier molecular flexibility index (Phi) is 4.94. The summed E-state index contributed by atoms with van der Waals surface area (Å²) in [6.07, 6.45) is 5.55. The first-order valence-corrected chi connectivity index (χ1v) is 5.73. The molecule has 0 heterocycles. The molecule has 0 saturated heterocycles. The van der Waals surface area contributed by atoms with Gasteiger partial charge in [0.05, 0.1) is 13.2 Å². The van der Waals surface area contributed by atoms with E-state index in [1.807, 2.05) is 0 Å². The maximum absolute atomic E-state index is 11.7. The summed E-state index contributed by atoms with van der Waals surface area (Å²) in [5.41, 5.74) is -1.03. The van der Waals surface area contributed by atoms with Gasteiger partial charge in [-0.15, -0.1) is 13.2 Å². The van der Waals surface area contributed by atoms with Crippen LogP contribution in [0, 0.1) is 5.41 Å². The van der Waals surface area contributed by atoms with E-state index >= 15 is 0 Å². The van der Waals surface area contributed by atoms with Crippen LogP contribution in [0.5, 0.6) is 0 Å². The molecule has 0 unspecified atom stereocenters. The maximum Gasteiger partial charge on any atom is 0.323 e. The molecule has 0 atom stereocenters. The first-order valence-electron chi connectivity index (χ1n) is 5.73. The van der Waals surface area contributed by atoms with E-state index in [2.05, 4.69) is 13.2 Å². The Hall–Kier alpha value is -1.58. The number of hydrogen-bond donors (Lipinski definition) is 0. The van der Waals surface area contributed by atoms with E-state index in [0.717, 1.165) is 0 Å². The average molecular weight is 238 g/mol. The van der Waals surface area contributed by atoms with Gasteiger partial charge in [-0.1, -0.05) is 12.2 Å². The van der Waals surface area contributed by atoms with Crippen molar-refractivity contribution in [2.24, 2.45) is 5.41 Å². The van der Waals surface area contributed by atoms with Crippen LogP contribution >= 0.6 is 0 Å². The van der Waals surface area contributed by atoms with E-state index in [4.69, 9.17) is 9.47 Å². The molecular formula is C13H18O4. The minimum Gasteiger partial charge on any atom is -0.465 e. The van der Waals surface area contributed by atoms with Crippen molar-refractivity contribution in [3.63, 3.8) is 0 Å². The van der Waals surface area contributed by atoms with Crippen molar-refractivity contribution in [1.29, 1.82) is 0 Å². The standard InChI is InChI=1S/C13H18O4/c1-3-5-9-16-11(14)13(7-8-13)12(15)17-10-6-4-2/h3-4H,1-2,5-10H2. The molecule has 0 bridgehead atoms. The van der Waals surface area contributed by atoms with Gasteiger partial charge in [-0.25, -0.2) is 0 Å². The molecule has 4 nitrogen and oxygen atoms in total. The van der Waals surface area contributed by atoms with Crippen molar-refractivity contribution in [2.45, 2.75) is 25.7 Å². The van der Waals surface area contributed by atoms with E-state index in [0.29, 0.717) is 25.7 Å². The highest BCUT2D eigenvalue weighted by Gasteiger charge is 2.59. The van der Waals surface area contributed by atoms with Crippen LogP contribution in [0.4, 0.5) is 0 Å². The largest absolute Gasteiger partial charge is 0.465 e. The summed E-state index contributed by atoms with van der Waals surface area (Å²) in [5, 5.41) is 0. The van der Waals surface area contributed by atoms with Crippen molar-refractivity contribution in [3.05, 3.63) is 25.3 Å². The van der Waals surface area contributed by atoms with Gasteiger partial charge in [-0.2, -0.15) is 0 Å².